The van der Waals surface area contributed by atoms with E-state index in [-0.39, 0.29) is 48.7 Å². The normalized spacial score (nSPS) is 19.9. The Kier molecular flexibility index (Phi) is 5.86. The van der Waals surface area contributed by atoms with Crippen molar-refractivity contribution >= 4 is 34.7 Å². The van der Waals surface area contributed by atoms with Gasteiger partial charge >= 0.3 is 5.97 Å². The molecule has 0 radical (unpaired) electrons. The van der Waals surface area contributed by atoms with Gasteiger partial charge in [-0.2, -0.15) is 0 Å². The Balaban J connectivity index is 1.31. The molecule has 1 atom stereocenters. The molecule has 1 N–H and O–H groups in total. The fraction of sp³-hybridized carbons (Fsp3) is 0.303. The SMILES string of the molecule is CC[C@@]1(O)C(=O)OCc2c1cc1n(c2=O)Cc2c-1nc1cc3c(cc1c2/C=C/c1cc(F)c(N2CCCC2)c(F)c1)OCO3. The molecule has 0 spiro atoms. The van der Waals surface area contributed by atoms with E-state index in [4.69, 9.17) is 19.2 Å². The number of benzene rings is 2. The molecule has 0 saturated carbocycles. The third kappa shape index (κ3) is 3.81. The second kappa shape index (κ2) is 9.62. The number of carbonyl (C=O) groups excluding carboxylic acids is 1. The van der Waals surface area contributed by atoms with Crippen molar-refractivity contribution in [3.8, 4) is 22.9 Å². The second-order valence-corrected chi connectivity index (χ2v) is 11.5. The molecule has 2 aromatic heterocycles. The topological polar surface area (TPSA) is 103 Å². The summed E-state index contributed by atoms with van der Waals surface area (Å²) < 4.78 is 48.3. The van der Waals surface area contributed by atoms with Gasteiger partial charge < -0.3 is 28.8 Å². The third-order valence-corrected chi connectivity index (χ3v) is 9.13. The summed E-state index contributed by atoms with van der Waals surface area (Å²) in [5.41, 5.74) is 1.33. The zero-order valence-corrected chi connectivity index (χ0v) is 23.8. The zero-order valence-electron chi connectivity index (χ0n) is 23.8. The van der Waals surface area contributed by atoms with E-state index >= 15 is 8.78 Å². The fourth-order valence-corrected chi connectivity index (χ4v) is 6.79. The van der Waals surface area contributed by atoms with E-state index < -0.39 is 23.2 Å². The number of hydrogen-bond donors (Lipinski definition) is 1. The number of fused-ring (bicyclic) bond motifs is 6. The van der Waals surface area contributed by atoms with Gasteiger partial charge in [-0.25, -0.2) is 18.6 Å². The number of esters is 1. The van der Waals surface area contributed by atoms with Crippen molar-refractivity contribution in [1.82, 2.24) is 9.55 Å². The molecule has 224 valence electrons. The summed E-state index contributed by atoms with van der Waals surface area (Å²) in [6.07, 6.45) is 5.23. The maximum absolute atomic E-state index is 15.2. The molecule has 44 heavy (non-hydrogen) atoms. The van der Waals surface area contributed by atoms with Gasteiger partial charge in [-0.1, -0.05) is 19.1 Å². The number of aliphatic hydroxyl groups is 1. The molecular weight excluding hydrogens is 572 g/mol. The van der Waals surface area contributed by atoms with Crippen LogP contribution in [0.25, 0.3) is 34.4 Å². The summed E-state index contributed by atoms with van der Waals surface area (Å²) in [6.45, 7) is 2.87. The van der Waals surface area contributed by atoms with Gasteiger partial charge in [-0.05, 0) is 54.7 Å². The van der Waals surface area contributed by atoms with E-state index in [2.05, 4.69) is 0 Å². The van der Waals surface area contributed by atoms with E-state index in [1.165, 1.54) is 12.1 Å². The van der Waals surface area contributed by atoms with Crippen LogP contribution < -0.4 is 19.9 Å². The Hall–Kier alpha value is -4.77. The van der Waals surface area contributed by atoms with E-state index in [0.717, 1.165) is 12.8 Å². The van der Waals surface area contributed by atoms with Crippen LogP contribution in [0.5, 0.6) is 11.5 Å². The number of hydrogen-bond acceptors (Lipinski definition) is 8. The number of ether oxygens (including phenoxy) is 3. The smallest absolute Gasteiger partial charge is 0.343 e. The molecule has 2 aromatic carbocycles. The molecule has 4 aromatic rings. The Labute approximate surface area is 249 Å². The molecule has 8 rings (SSSR count). The molecule has 1 fully saturated rings. The van der Waals surface area contributed by atoms with E-state index in [1.54, 1.807) is 46.7 Å². The highest BCUT2D eigenvalue weighted by molar-refractivity contribution is 5.97. The van der Waals surface area contributed by atoms with Gasteiger partial charge in [0.05, 0.1) is 29.0 Å². The molecule has 11 heteroatoms. The minimum atomic E-state index is -1.95. The Morgan fingerprint density at radius 2 is 1.70 bits per heavy atom. The minimum absolute atomic E-state index is 0.00379. The number of carbonyl (C=O) groups is 1. The fourth-order valence-electron chi connectivity index (χ4n) is 6.79. The molecule has 6 heterocycles. The van der Waals surface area contributed by atoms with Gasteiger partial charge in [-0.15, -0.1) is 0 Å². The maximum Gasteiger partial charge on any atom is 0.343 e. The number of cyclic esters (lactones) is 1. The number of rotatable bonds is 4. The highest BCUT2D eigenvalue weighted by Gasteiger charge is 2.45. The van der Waals surface area contributed by atoms with Crippen molar-refractivity contribution in [2.45, 2.75) is 44.9 Å². The van der Waals surface area contributed by atoms with Crippen LogP contribution in [-0.2, 0) is 28.3 Å². The van der Waals surface area contributed by atoms with E-state index in [0.29, 0.717) is 63.6 Å². The summed E-state index contributed by atoms with van der Waals surface area (Å²) in [5, 5.41) is 11.9. The maximum atomic E-state index is 15.2. The van der Waals surface area contributed by atoms with Gasteiger partial charge in [-0.3, -0.25) is 4.79 Å². The molecule has 0 bridgehead atoms. The summed E-state index contributed by atoms with van der Waals surface area (Å²) in [6, 6.07) is 7.84. The van der Waals surface area contributed by atoms with Crippen molar-refractivity contribution in [1.29, 1.82) is 0 Å². The molecule has 0 unspecified atom stereocenters. The largest absolute Gasteiger partial charge is 0.458 e. The summed E-state index contributed by atoms with van der Waals surface area (Å²) in [4.78, 5) is 33.0. The molecule has 0 aliphatic carbocycles. The monoisotopic (exact) mass is 599 g/mol. The first-order chi connectivity index (χ1) is 21.3. The molecule has 1 saturated heterocycles. The average molecular weight is 600 g/mol. The predicted molar refractivity (Wildman–Crippen MR) is 157 cm³/mol. The summed E-state index contributed by atoms with van der Waals surface area (Å²) in [5.74, 6) is -0.986. The molecular formula is C33H27F2N3O6. The van der Waals surface area contributed by atoms with Crippen molar-refractivity contribution < 1.29 is 32.9 Å². The van der Waals surface area contributed by atoms with E-state index in [1.807, 2.05) is 0 Å². The van der Waals surface area contributed by atoms with Crippen molar-refractivity contribution in [2.75, 3.05) is 24.8 Å². The van der Waals surface area contributed by atoms with Crippen LogP contribution in [0.15, 0.2) is 35.1 Å². The summed E-state index contributed by atoms with van der Waals surface area (Å²) >= 11 is 0. The van der Waals surface area contributed by atoms with Crippen LogP contribution in [0.3, 0.4) is 0 Å². The highest BCUT2D eigenvalue weighted by atomic mass is 19.1. The second-order valence-electron chi connectivity index (χ2n) is 11.5. The van der Waals surface area contributed by atoms with Crippen molar-refractivity contribution in [3.05, 3.63) is 80.1 Å². The number of halogens is 2. The lowest BCUT2D eigenvalue weighted by molar-refractivity contribution is -0.172. The zero-order chi connectivity index (χ0) is 30.3. The molecule has 4 aliphatic heterocycles. The van der Waals surface area contributed by atoms with Crippen LogP contribution in [0.1, 0.15) is 54.0 Å². The average Bonchev–Trinajstić information content (AvgIpc) is 3.77. The van der Waals surface area contributed by atoms with E-state index in [9.17, 15) is 14.7 Å². The van der Waals surface area contributed by atoms with Crippen molar-refractivity contribution in [2.24, 2.45) is 0 Å². The Morgan fingerprint density at radius 3 is 2.43 bits per heavy atom. The van der Waals surface area contributed by atoms with Crippen LogP contribution in [0.2, 0.25) is 0 Å². The Bertz CT molecular complexity index is 1990. The lowest BCUT2D eigenvalue weighted by Crippen LogP contribution is -2.44. The lowest BCUT2D eigenvalue weighted by Gasteiger charge is -2.31. The number of nitrogens with zero attached hydrogens (tertiary/aromatic N) is 3. The van der Waals surface area contributed by atoms with Gasteiger partial charge in [0.25, 0.3) is 5.56 Å². The standard InChI is InChI=1S/C33H27F2N3O6/c1-2-33(41)22-12-26-29-20(14-38(26)31(39)21(22)15-42-32(33)40)18(19-11-27-28(44-16-43-27)13-25(19)36-29)6-5-17-9-23(34)30(24(35)10-17)37-7-3-4-8-37/h5-6,9-13,41H,2-4,7-8,14-16H2,1H3/b6-5+/t33-/m0/s1. The van der Waals surface area contributed by atoms with Crippen LogP contribution in [0.4, 0.5) is 14.5 Å². The quantitative estimate of drug-likeness (QED) is 0.293. The minimum Gasteiger partial charge on any atom is -0.458 e. The Morgan fingerprint density at radius 1 is 0.977 bits per heavy atom. The number of aromatic nitrogens is 2. The van der Waals surface area contributed by atoms with Crippen molar-refractivity contribution in [3.63, 3.8) is 0 Å². The predicted octanol–water partition coefficient (Wildman–Crippen LogP) is 4.86. The molecule has 9 nitrogen and oxygen atoms in total. The van der Waals surface area contributed by atoms with Crippen LogP contribution >= 0.6 is 0 Å². The first-order valence-electron chi connectivity index (χ1n) is 14.6. The first-order valence-corrected chi connectivity index (χ1v) is 14.6. The van der Waals surface area contributed by atoms with Gasteiger partial charge in [0, 0.05) is 35.7 Å². The van der Waals surface area contributed by atoms with Gasteiger partial charge in [0.15, 0.2) is 17.1 Å². The number of anilines is 1. The molecule has 0 amide bonds. The van der Waals surface area contributed by atoms with Crippen LogP contribution in [0, 0.1) is 11.6 Å². The number of pyridine rings is 2. The highest BCUT2D eigenvalue weighted by Crippen LogP contribution is 2.43. The lowest BCUT2D eigenvalue weighted by atomic mass is 9.86. The molecule has 4 aliphatic rings. The van der Waals surface area contributed by atoms with Crippen LogP contribution in [-0.4, -0.2) is 40.5 Å². The first kappa shape index (κ1) is 26.8. The third-order valence-electron chi connectivity index (χ3n) is 9.13. The summed E-state index contributed by atoms with van der Waals surface area (Å²) in [7, 11) is 0. The van der Waals surface area contributed by atoms with Gasteiger partial charge in [0.1, 0.15) is 23.9 Å². The van der Waals surface area contributed by atoms with Gasteiger partial charge in [0.2, 0.25) is 6.79 Å².